The lowest BCUT2D eigenvalue weighted by Gasteiger charge is -2.06. The Hall–Kier alpha value is -1.49. The lowest BCUT2D eigenvalue weighted by Crippen LogP contribution is -2.01. The van der Waals surface area contributed by atoms with Crippen molar-refractivity contribution in [3.8, 4) is 6.07 Å². The number of anilines is 1. The van der Waals surface area contributed by atoms with E-state index in [1.54, 1.807) is 0 Å². The molecule has 0 amide bonds. The largest absolute Gasteiger partial charge is 0.385 e. The quantitative estimate of drug-likeness (QED) is 0.681. The highest BCUT2D eigenvalue weighted by atomic mass is 14.9. The molecule has 0 saturated carbocycles. The van der Waals surface area contributed by atoms with E-state index in [2.05, 4.69) is 42.6 Å². The molecular weight excluding hydrogens is 208 g/mol. The van der Waals surface area contributed by atoms with Gasteiger partial charge in [-0.3, -0.25) is 0 Å². The van der Waals surface area contributed by atoms with Gasteiger partial charge in [0.05, 0.1) is 6.07 Å². The van der Waals surface area contributed by atoms with Gasteiger partial charge in [-0.05, 0) is 43.4 Å². The molecule has 0 unspecified atom stereocenters. The molecule has 0 aromatic heterocycles. The fourth-order valence-electron chi connectivity index (χ4n) is 1.73. The number of unbranched alkanes of at least 4 members (excludes halogenated alkanes) is 3. The van der Waals surface area contributed by atoms with Gasteiger partial charge in [0.15, 0.2) is 0 Å². The molecule has 0 fully saturated rings. The van der Waals surface area contributed by atoms with Crippen LogP contribution in [0.4, 0.5) is 5.69 Å². The number of rotatable bonds is 8. The van der Waals surface area contributed by atoms with Crippen LogP contribution in [0.5, 0.6) is 0 Å². The average molecular weight is 230 g/mol. The third kappa shape index (κ3) is 5.97. The second kappa shape index (κ2) is 8.64. The summed E-state index contributed by atoms with van der Waals surface area (Å²) in [7, 11) is 0. The first kappa shape index (κ1) is 13.6. The molecule has 0 radical (unpaired) electrons. The minimum absolute atomic E-state index is 0.664. The molecule has 0 aliphatic carbocycles. The van der Waals surface area contributed by atoms with E-state index in [1.807, 2.05) is 0 Å². The van der Waals surface area contributed by atoms with Gasteiger partial charge >= 0.3 is 0 Å². The molecule has 1 aromatic carbocycles. The van der Waals surface area contributed by atoms with E-state index in [9.17, 15) is 0 Å². The first-order valence-electron chi connectivity index (χ1n) is 6.56. The number of nitrogens with one attached hydrogen (secondary N) is 1. The summed E-state index contributed by atoms with van der Waals surface area (Å²) in [5.41, 5.74) is 2.60. The van der Waals surface area contributed by atoms with Gasteiger partial charge < -0.3 is 5.32 Å². The molecule has 1 N–H and O–H groups in total. The van der Waals surface area contributed by atoms with Gasteiger partial charge in [-0.1, -0.05) is 25.5 Å². The molecule has 0 atom stereocenters. The Morgan fingerprint density at radius 3 is 2.53 bits per heavy atom. The van der Waals surface area contributed by atoms with E-state index >= 15 is 0 Å². The van der Waals surface area contributed by atoms with E-state index in [0.29, 0.717) is 6.42 Å². The molecule has 0 bridgehead atoms. The summed E-state index contributed by atoms with van der Waals surface area (Å²) in [6, 6.07) is 10.9. The summed E-state index contributed by atoms with van der Waals surface area (Å²) in [6.45, 7) is 3.17. The van der Waals surface area contributed by atoms with E-state index in [-0.39, 0.29) is 0 Å². The predicted molar refractivity (Wildman–Crippen MR) is 73.0 cm³/mol. The Labute approximate surface area is 105 Å². The van der Waals surface area contributed by atoms with Crippen molar-refractivity contribution in [1.29, 1.82) is 5.26 Å². The van der Waals surface area contributed by atoms with Crippen molar-refractivity contribution in [3.63, 3.8) is 0 Å². The van der Waals surface area contributed by atoms with Gasteiger partial charge in [-0.25, -0.2) is 0 Å². The number of aryl methyl sites for hydroxylation is 1. The van der Waals surface area contributed by atoms with Crippen LogP contribution in [-0.4, -0.2) is 6.54 Å². The fourth-order valence-corrected chi connectivity index (χ4v) is 1.73. The highest BCUT2D eigenvalue weighted by molar-refractivity contribution is 5.44. The molecule has 0 aliphatic heterocycles. The summed E-state index contributed by atoms with van der Waals surface area (Å²) in [4.78, 5) is 0. The van der Waals surface area contributed by atoms with Crippen molar-refractivity contribution in [2.45, 2.75) is 45.4 Å². The van der Waals surface area contributed by atoms with Gasteiger partial charge in [0.1, 0.15) is 0 Å². The van der Waals surface area contributed by atoms with Gasteiger partial charge in [0.25, 0.3) is 0 Å². The van der Waals surface area contributed by atoms with Gasteiger partial charge in [0.2, 0.25) is 0 Å². The monoisotopic (exact) mass is 230 g/mol. The Morgan fingerprint density at radius 2 is 1.88 bits per heavy atom. The lowest BCUT2D eigenvalue weighted by atomic mass is 10.1. The van der Waals surface area contributed by atoms with E-state index in [4.69, 9.17) is 5.26 Å². The zero-order valence-corrected chi connectivity index (χ0v) is 10.7. The van der Waals surface area contributed by atoms with Crippen molar-refractivity contribution in [2.24, 2.45) is 0 Å². The van der Waals surface area contributed by atoms with E-state index in [0.717, 1.165) is 19.4 Å². The molecule has 1 rings (SSSR count). The molecule has 0 aliphatic rings. The molecule has 1 aromatic rings. The fraction of sp³-hybridized carbons (Fsp3) is 0.533. The minimum atomic E-state index is 0.664. The lowest BCUT2D eigenvalue weighted by molar-refractivity contribution is 0.784. The Kier molecular flexibility index (Phi) is 6.90. The minimum Gasteiger partial charge on any atom is -0.385 e. The summed E-state index contributed by atoms with van der Waals surface area (Å²) < 4.78 is 0. The Balaban J connectivity index is 2.23. The summed E-state index contributed by atoms with van der Waals surface area (Å²) in [5, 5.41) is 11.8. The molecule has 2 heteroatoms. The summed E-state index contributed by atoms with van der Waals surface area (Å²) in [5.74, 6) is 0. The number of hydrogen-bond acceptors (Lipinski definition) is 2. The first-order valence-corrected chi connectivity index (χ1v) is 6.56. The van der Waals surface area contributed by atoms with Crippen molar-refractivity contribution in [1.82, 2.24) is 0 Å². The van der Waals surface area contributed by atoms with Crippen LogP contribution in [0, 0.1) is 11.3 Å². The molecule has 17 heavy (non-hydrogen) atoms. The van der Waals surface area contributed by atoms with Crippen LogP contribution in [0.25, 0.3) is 0 Å². The average Bonchev–Trinajstić information content (AvgIpc) is 2.37. The highest BCUT2D eigenvalue weighted by Crippen LogP contribution is 2.11. The van der Waals surface area contributed by atoms with E-state index in [1.165, 1.54) is 30.5 Å². The maximum atomic E-state index is 8.41. The summed E-state index contributed by atoms with van der Waals surface area (Å²) in [6.07, 6.45) is 6.40. The number of benzene rings is 1. The molecular formula is C15H22N2. The van der Waals surface area contributed by atoms with Crippen LogP contribution in [0.2, 0.25) is 0 Å². The topological polar surface area (TPSA) is 35.8 Å². The maximum absolute atomic E-state index is 8.41. The zero-order chi connectivity index (χ0) is 12.3. The van der Waals surface area contributed by atoms with E-state index < -0.39 is 0 Å². The smallest absolute Gasteiger partial charge is 0.0621 e. The molecule has 92 valence electrons. The van der Waals surface area contributed by atoms with Crippen molar-refractivity contribution in [3.05, 3.63) is 29.8 Å². The maximum Gasteiger partial charge on any atom is 0.0621 e. The predicted octanol–water partition coefficient (Wildman–Crippen LogP) is 4.13. The van der Waals surface area contributed by atoms with Gasteiger partial charge in [-0.2, -0.15) is 5.26 Å². The summed E-state index contributed by atoms with van der Waals surface area (Å²) >= 11 is 0. The number of nitriles is 1. The number of hydrogen-bond donors (Lipinski definition) is 1. The van der Waals surface area contributed by atoms with Crippen LogP contribution >= 0.6 is 0 Å². The Bertz CT molecular complexity index is 335. The second-order valence-corrected chi connectivity index (χ2v) is 4.34. The van der Waals surface area contributed by atoms with Crippen LogP contribution in [0.1, 0.15) is 44.6 Å². The standard InChI is InChI=1S/C15H22N2/c1-2-3-7-14-8-10-15(11-9-14)17-13-6-4-5-12-16/h8-11,17H,2-7,13H2,1H3. The number of nitrogens with zero attached hydrogens (tertiary/aromatic N) is 1. The zero-order valence-electron chi connectivity index (χ0n) is 10.7. The molecule has 0 heterocycles. The van der Waals surface area contributed by atoms with Crippen LogP contribution in [0.15, 0.2) is 24.3 Å². The third-order valence-electron chi connectivity index (χ3n) is 2.82. The molecule has 0 saturated heterocycles. The van der Waals surface area contributed by atoms with Gasteiger partial charge in [-0.15, -0.1) is 0 Å². The van der Waals surface area contributed by atoms with Crippen molar-refractivity contribution >= 4 is 5.69 Å². The van der Waals surface area contributed by atoms with Crippen LogP contribution in [0.3, 0.4) is 0 Å². The normalized spacial score (nSPS) is 9.88. The van der Waals surface area contributed by atoms with Crippen molar-refractivity contribution < 1.29 is 0 Å². The molecule has 2 nitrogen and oxygen atoms in total. The Morgan fingerprint density at radius 1 is 1.12 bits per heavy atom. The highest BCUT2D eigenvalue weighted by Gasteiger charge is 1.94. The molecule has 0 spiro atoms. The van der Waals surface area contributed by atoms with Crippen LogP contribution in [-0.2, 0) is 6.42 Å². The van der Waals surface area contributed by atoms with Gasteiger partial charge in [0, 0.05) is 18.7 Å². The van der Waals surface area contributed by atoms with Crippen LogP contribution < -0.4 is 5.32 Å². The van der Waals surface area contributed by atoms with Crippen molar-refractivity contribution in [2.75, 3.05) is 11.9 Å². The first-order chi connectivity index (χ1) is 8.36. The second-order valence-electron chi connectivity index (χ2n) is 4.34. The third-order valence-corrected chi connectivity index (χ3v) is 2.82. The SMILES string of the molecule is CCCCc1ccc(NCCCCC#N)cc1.